The summed E-state index contributed by atoms with van der Waals surface area (Å²) in [6, 6.07) is 47.6. The smallest absolute Gasteiger partial charge is 0.149 e. The number of pyridine rings is 1. The first kappa shape index (κ1) is 31.8. The number of aromatic nitrogens is 3. The quantitative estimate of drug-likeness (QED) is 0.158. The fourth-order valence-electron chi connectivity index (χ4n) is 8.63. The fraction of sp³-hybridized carbons (Fsp3) is 0.172. The Morgan fingerprint density at radius 2 is 1.24 bits per heavy atom. The molecule has 0 aliphatic rings. The number of aromatic hydroxyl groups is 1. The molecule has 1 N–H and O–H groups in total. The van der Waals surface area contributed by atoms with Gasteiger partial charge in [-0.05, 0) is 161 Å². The standard InChI is InChI=1S/C58H53N3O/c1-35(2)48-16-12-17-49(36(3)4)55(48)44-24-25-53(39(7)30-44)61-54-19-13-18-50(56(54)60-58(61)51-29-38(6)28-40(8)57(51)62)46-31-45(41-14-10-9-11-15-41)32-47(33-46)52-34-43(26-27-59-52)42-22-20-37(5)21-23-42/h9-36,62H,1-8H3/i5D3,7D3,35D,36D. The molecule has 2 heterocycles. The summed E-state index contributed by atoms with van der Waals surface area (Å²) in [6.45, 7) is 6.09. The molecule has 0 bridgehead atoms. The third kappa shape index (κ3) is 7.51. The van der Waals surface area contributed by atoms with Gasteiger partial charge in [0.2, 0.25) is 0 Å². The average Bonchev–Trinajstić information content (AvgIpc) is 3.71. The van der Waals surface area contributed by atoms with Crippen LogP contribution in [0.2, 0.25) is 0 Å². The van der Waals surface area contributed by atoms with Gasteiger partial charge in [-0.2, -0.15) is 0 Å². The summed E-state index contributed by atoms with van der Waals surface area (Å²) in [5, 5.41) is 11.8. The molecule has 0 atom stereocenters. The summed E-state index contributed by atoms with van der Waals surface area (Å²) in [7, 11) is 0. The number of fused-ring (bicyclic) bond motifs is 1. The van der Waals surface area contributed by atoms with Crippen LogP contribution in [-0.4, -0.2) is 19.6 Å². The van der Waals surface area contributed by atoms with Crippen LogP contribution in [0.3, 0.4) is 0 Å². The van der Waals surface area contributed by atoms with Crippen molar-refractivity contribution in [3.8, 4) is 78.6 Å². The molecule has 0 unspecified atom stereocenters. The van der Waals surface area contributed by atoms with Crippen LogP contribution in [0, 0.1) is 27.6 Å². The topological polar surface area (TPSA) is 50.9 Å². The van der Waals surface area contributed by atoms with Gasteiger partial charge < -0.3 is 5.11 Å². The largest absolute Gasteiger partial charge is 0.507 e. The lowest BCUT2D eigenvalue weighted by atomic mass is 9.84. The zero-order valence-electron chi connectivity index (χ0n) is 43.8. The molecule has 2 aromatic heterocycles. The summed E-state index contributed by atoms with van der Waals surface area (Å²) in [6.07, 6.45) is 1.75. The molecule has 9 aromatic rings. The Morgan fingerprint density at radius 3 is 1.97 bits per heavy atom. The monoisotopic (exact) mass is 815 g/mol. The maximum Gasteiger partial charge on any atom is 0.149 e. The van der Waals surface area contributed by atoms with Crippen LogP contribution in [0.5, 0.6) is 5.75 Å². The fourth-order valence-corrected chi connectivity index (χ4v) is 8.63. The van der Waals surface area contributed by atoms with E-state index in [4.69, 9.17) is 20.9 Å². The van der Waals surface area contributed by atoms with Gasteiger partial charge in [0, 0.05) is 28.3 Å². The predicted octanol–water partition coefficient (Wildman–Crippen LogP) is 15.6. The van der Waals surface area contributed by atoms with Gasteiger partial charge in [0.25, 0.3) is 0 Å². The number of imidazole rings is 1. The van der Waals surface area contributed by atoms with E-state index in [1.807, 2.05) is 128 Å². The summed E-state index contributed by atoms with van der Waals surface area (Å²) in [5.74, 6) is -1.75. The van der Waals surface area contributed by atoms with Gasteiger partial charge in [0.15, 0.2) is 0 Å². The Kier molecular flexibility index (Phi) is 8.42. The highest BCUT2D eigenvalue weighted by Gasteiger charge is 2.24. The number of aryl methyl sites for hydroxylation is 4. The Hall–Kier alpha value is -7.04. The molecule has 0 saturated heterocycles. The van der Waals surface area contributed by atoms with Crippen molar-refractivity contribution in [3.05, 3.63) is 191 Å². The van der Waals surface area contributed by atoms with Gasteiger partial charge in [0.1, 0.15) is 11.6 Å². The Balaban J connectivity index is 1.30. The second-order valence-corrected chi connectivity index (χ2v) is 16.6. The Morgan fingerprint density at radius 1 is 0.548 bits per heavy atom. The minimum Gasteiger partial charge on any atom is -0.507 e. The van der Waals surface area contributed by atoms with E-state index < -0.39 is 25.5 Å². The lowest BCUT2D eigenvalue weighted by Crippen LogP contribution is -2.03. The van der Waals surface area contributed by atoms with E-state index in [0.29, 0.717) is 61.6 Å². The molecule has 4 heteroatoms. The third-order valence-corrected chi connectivity index (χ3v) is 11.7. The van der Waals surface area contributed by atoms with Gasteiger partial charge in [-0.1, -0.05) is 130 Å². The molecule has 0 saturated carbocycles. The van der Waals surface area contributed by atoms with Crippen LogP contribution in [-0.2, 0) is 0 Å². The first-order chi connectivity index (χ1) is 33.0. The maximum absolute atomic E-state index is 11.8. The first-order valence-corrected chi connectivity index (χ1v) is 20.9. The van der Waals surface area contributed by atoms with Crippen molar-refractivity contribution in [2.45, 2.75) is 67.0 Å². The molecule has 0 amide bonds. The second-order valence-electron chi connectivity index (χ2n) is 16.6. The molecule has 0 aliphatic heterocycles. The number of hydrogen-bond acceptors (Lipinski definition) is 3. The van der Waals surface area contributed by atoms with Crippen LogP contribution in [0.25, 0.3) is 83.9 Å². The van der Waals surface area contributed by atoms with Crippen LogP contribution < -0.4 is 0 Å². The van der Waals surface area contributed by atoms with Gasteiger partial charge in [0.05, 0.1) is 28.0 Å². The number of phenolic OH excluding ortho intramolecular Hbond substituents is 1. The molecule has 0 fully saturated rings. The summed E-state index contributed by atoms with van der Waals surface area (Å²) >= 11 is 0. The summed E-state index contributed by atoms with van der Waals surface area (Å²) in [4.78, 5) is 10.2. The predicted molar refractivity (Wildman–Crippen MR) is 260 cm³/mol. The van der Waals surface area contributed by atoms with Crippen molar-refractivity contribution in [3.63, 3.8) is 0 Å². The molecule has 7 aromatic carbocycles. The van der Waals surface area contributed by atoms with E-state index >= 15 is 0 Å². The van der Waals surface area contributed by atoms with Crippen molar-refractivity contribution < 1.29 is 16.1 Å². The van der Waals surface area contributed by atoms with E-state index in [-0.39, 0.29) is 16.9 Å². The van der Waals surface area contributed by atoms with Crippen molar-refractivity contribution in [2.24, 2.45) is 0 Å². The van der Waals surface area contributed by atoms with Gasteiger partial charge in [-0.15, -0.1) is 0 Å². The van der Waals surface area contributed by atoms with Gasteiger partial charge in [-0.3, -0.25) is 9.55 Å². The van der Waals surface area contributed by atoms with Crippen LogP contribution in [0.4, 0.5) is 0 Å². The van der Waals surface area contributed by atoms with Crippen LogP contribution in [0.1, 0.15) is 83.8 Å². The van der Waals surface area contributed by atoms with Gasteiger partial charge in [-0.25, -0.2) is 4.98 Å². The van der Waals surface area contributed by atoms with E-state index in [2.05, 4.69) is 18.2 Å². The molecule has 4 nitrogen and oxygen atoms in total. The SMILES string of the molecule is [2H]C([2H])([2H])c1ccc(-c2ccnc(-c3cc(-c4ccccc4)cc(-c4cccc5c4nc(-c4cc(C)cc(C)c4O)n5-c4ccc(-c5c(C([2H])(C)C)cccc5C([2H])(C)C)cc4C([2H])([2H])[2H])c3)c2)cc1. The minimum atomic E-state index is -2.64. The van der Waals surface area contributed by atoms with Crippen molar-refractivity contribution in [2.75, 3.05) is 0 Å². The molecular formula is C58H53N3O. The minimum absolute atomic E-state index is 0.0250. The highest BCUT2D eigenvalue weighted by atomic mass is 16.3. The molecule has 0 aliphatic carbocycles. The zero-order valence-corrected chi connectivity index (χ0v) is 35.8. The first-order valence-electron chi connectivity index (χ1n) is 24.9. The van der Waals surface area contributed by atoms with Crippen molar-refractivity contribution in [1.82, 2.24) is 14.5 Å². The number of rotatable bonds is 9. The number of nitrogens with zero attached hydrogens (tertiary/aromatic N) is 3. The number of benzene rings is 7. The van der Waals surface area contributed by atoms with Crippen molar-refractivity contribution in [1.29, 1.82) is 0 Å². The lowest BCUT2D eigenvalue weighted by Gasteiger charge is -2.21. The Bertz CT molecular complexity index is 3420. The molecule has 0 spiro atoms. The highest BCUT2D eigenvalue weighted by molar-refractivity contribution is 5.98. The normalized spacial score (nSPS) is 14.2. The van der Waals surface area contributed by atoms with E-state index in [1.165, 1.54) is 0 Å². The van der Waals surface area contributed by atoms with E-state index in [1.54, 1.807) is 58.2 Å². The highest BCUT2D eigenvalue weighted by Crippen LogP contribution is 2.43. The van der Waals surface area contributed by atoms with Crippen LogP contribution in [0.15, 0.2) is 158 Å². The maximum atomic E-state index is 11.8. The Labute approximate surface area is 377 Å². The van der Waals surface area contributed by atoms with Crippen molar-refractivity contribution >= 4 is 11.0 Å². The van der Waals surface area contributed by atoms with Gasteiger partial charge >= 0.3 is 0 Å². The molecule has 0 radical (unpaired) electrons. The number of phenols is 1. The third-order valence-electron chi connectivity index (χ3n) is 11.7. The molecule has 9 rings (SSSR count). The zero-order chi connectivity index (χ0) is 50.1. The second kappa shape index (κ2) is 16.4. The molecular weight excluding hydrogens is 755 g/mol. The average molecular weight is 816 g/mol. The summed E-state index contributed by atoms with van der Waals surface area (Å²) < 4.78 is 70.8. The molecule has 62 heavy (non-hydrogen) atoms. The number of hydrogen-bond donors (Lipinski definition) is 1. The van der Waals surface area contributed by atoms with E-state index in [0.717, 1.165) is 44.5 Å². The summed E-state index contributed by atoms with van der Waals surface area (Å²) in [5.41, 5.74) is 13.1. The van der Waals surface area contributed by atoms with E-state index in [9.17, 15) is 5.11 Å². The van der Waals surface area contributed by atoms with Crippen LogP contribution >= 0.6 is 0 Å². The lowest BCUT2D eigenvalue weighted by molar-refractivity contribution is 0.472. The number of para-hydroxylation sites is 1. The molecule has 306 valence electrons.